The lowest BCUT2D eigenvalue weighted by atomic mass is 10.0. The van der Waals surface area contributed by atoms with Gasteiger partial charge in [0, 0.05) is 25.7 Å². The van der Waals surface area contributed by atoms with E-state index in [0.717, 1.165) is 18.2 Å². The molecule has 244 valence electrons. The number of hydrogen-bond acceptors (Lipinski definition) is 8. The molecule has 5 rings (SSSR count). The predicted octanol–water partition coefficient (Wildman–Crippen LogP) is 6.35. The zero-order chi connectivity index (χ0) is 33.7. The molecule has 1 atom stereocenters. The van der Waals surface area contributed by atoms with E-state index in [-0.39, 0.29) is 54.4 Å². The molecule has 1 fully saturated rings. The van der Waals surface area contributed by atoms with Crippen LogP contribution in [0.25, 0.3) is 28.0 Å². The van der Waals surface area contributed by atoms with E-state index >= 15 is 4.39 Å². The summed E-state index contributed by atoms with van der Waals surface area (Å²) in [6.07, 6.45) is 0.949. The van der Waals surface area contributed by atoms with E-state index in [1.807, 2.05) is 34.6 Å². The molecule has 4 aromatic rings. The Morgan fingerprint density at radius 2 is 1.57 bits per heavy atom. The summed E-state index contributed by atoms with van der Waals surface area (Å²) in [5.41, 5.74) is -1.34. The smallest absolute Gasteiger partial charge is 0.410 e. The van der Waals surface area contributed by atoms with Crippen LogP contribution in [0.15, 0.2) is 35.4 Å². The number of amides is 1. The Morgan fingerprint density at radius 1 is 0.957 bits per heavy atom. The van der Waals surface area contributed by atoms with Gasteiger partial charge in [0.1, 0.15) is 35.1 Å². The number of nitrogens with zero attached hydrogens (tertiary/aromatic N) is 7. The third-order valence-electron chi connectivity index (χ3n) is 7.75. The molecule has 1 amide bonds. The van der Waals surface area contributed by atoms with Crippen molar-refractivity contribution in [3.63, 3.8) is 0 Å². The van der Waals surface area contributed by atoms with Gasteiger partial charge in [-0.15, -0.1) is 0 Å². The SMILES string of the molecule is CC(C)c1ncnc(C(C)C)c1-n1c(=O)nc(N2CCN(C(=O)OC(C)(C)C)C[C@@H]2C)c2cc(F)c(-c3c(F)cccc3F)nc21. The third kappa shape index (κ3) is 6.14. The van der Waals surface area contributed by atoms with Crippen LogP contribution in [0.4, 0.5) is 23.8 Å². The van der Waals surface area contributed by atoms with Gasteiger partial charge in [-0.05, 0) is 57.7 Å². The highest BCUT2D eigenvalue weighted by molar-refractivity contribution is 5.90. The van der Waals surface area contributed by atoms with Gasteiger partial charge < -0.3 is 14.5 Å². The van der Waals surface area contributed by atoms with Crippen LogP contribution in [0, 0.1) is 17.5 Å². The van der Waals surface area contributed by atoms with Crippen molar-refractivity contribution in [3.8, 4) is 16.9 Å². The number of carbonyl (C=O) groups excluding carboxylic acids is 1. The zero-order valence-corrected chi connectivity index (χ0v) is 27.2. The van der Waals surface area contributed by atoms with E-state index < -0.39 is 46.1 Å². The largest absolute Gasteiger partial charge is 0.444 e. The second-order valence-corrected chi connectivity index (χ2v) is 13.1. The van der Waals surface area contributed by atoms with Gasteiger partial charge in [0.25, 0.3) is 0 Å². The van der Waals surface area contributed by atoms with Gasteiger partial charge in [0.2, 0.25) is 0 Å². The quantitative estimate of drug-likeness (QED) is 0.249. The molecular formula is C33H38F3N7O3. The van der Waals surface area contributed by atoms with E-state index in [4.69, 9.17) is 4.74 Å². The molecule has 1 aliphatic rings. The summed E-state index contributed by atoms with van der Waals surface area (Å²) < 4.78 is 52.7. The molecule has 13 heteroatoms. The molecule has 10 nitrogen and oxygen atoms in total. The van der Waals surface area contributed by atoms with Crippen molar-refractivity contribution < 1.29 is 22.7 Å². The molecule has 1 saturated heterocycles. The van der Waals surface area contributed by atoms with Gasteiger partial charge in [0.15, 0.2) is 11.5 Å². The van der Waals surface area contributed by atoms with Crippen molar-refractivity contribution in [2.75, 3.05) is 24.5 Å². The number of ether oxygens (including phenoxy) is 1. The lowest BCUT2D eigenvalue weighted by Gasteiger charge is -2.41. The van der Waals surface area contributed by atoms with E-state index in [9.17, 15) is 18.4 Å². The van der Waals surface area contributed by atoms with E-state index in [1.165, 1.54) is 17.0 Å². The maximum atomic E-state index is 16.0. The van der Waals surface area contributed by atoms with Crippen LogP contribution in [0.3, 0.4) is 0 Å². The van der Waals surface area contributed by atoms with Crippen molar-refractivity contribution in [3.05, 3.63) is 69.9 Å². The van der Waals surface area contributed by atoms with Crippen LogP contribution in [-0.4, -0.2) is 66.8 Å². The second-order valence-electron chi connectivity index (χ2n) is 13.1. The predicted molar refractivity (Wildman–Crippen MR) is 169 cm³/mol. The van der Waals surface area contributed by atoms with Gasteiger partial charge in [-0.2, -0.15) is 4.98 Å². The highest BCUT2D eigenvalue weighted by Crippen LogP contribution is 2.35. The Kier molecular flexibility index (Phi) is 8.80. The van der Waals surface area contributed by atoms with Crippen LogP contribution >= 0.6 is 0 Å². The Hall–Kier alpha value is -4.55. The fourth-order valence-corrected chi connectivity index (χ4v) is 5.67. The molecule has 1 aromatic carbocycles. The fourth-order valence-electron chi connectivity index (χ4n) is 5.67. The van der Waals surface area contributed by atoms with Crippen LogP contribution in [0.1, 0.15) is 78.6 Å². The summed E-state index contributed by atoms with van der Waals surface area (Å²) in [5.74, 6) is -3.20. The number of aromatic nitrogens is 5. The molecule has 4 heterocycles. The third-order valence-corrected chi connectivity index (χ3v) is 7.75. The molecule has 0 unspecified atom stereocenters. The van der Waals surface area contributed by atoms with Gasteiger partial charge in [0.05, 0.1) is 28.0 Å². The summed E-state index contributed by atoms with van der Waals surface area (Å²) >= 11 is 0. The van der Waals surface area contributed by atoms with Gasteiger partial charge >= 0.3 is 11.8 Å². The average molecular weight is 638 g/mol. The number of fused-ring (bicyclic) bond motifs is 1. The first-order chi connectivity index (χ1) is 21.6. The monoisotopic (exact) mass is 637 g/mol. The first kappa shape index (κ1) is 32.8. The van der Waals surface area contributed by atoms with Crippen molar-refractivity contribution in [1.82, 2.24) is 29.4 Å². The molecule has 3 aromatic heterocycles. The van der Waals surface area contributed by atoms with Crippen molar-refractivity contribution >= 4 is 22.9 Å². The van der Waals surface area contributed by atoms with Gasteiger partial charge in [-0.3, -0.25) is 0 Å². The Balaban J connectivity index is 1.78. The Labute approximate surface area is 265 Å². The number of pyridine rings is 1. The molecule has 0 aliphatic carbocycles. The van der Waals surface area contributed by atoms with Crippen molar-refractivity contribution in [1.29, 1.82) is 0 Å². The molecule has 0 spiro atoms. The Morgan fingerprint density at radius 3 is 2.11 bits per heavy atom. The lowest BCUT2D eigenvalue weighted by Crippen LogP contribution is -2.55. The van der Waals surface area contributed by atoms with Crippen LogP contribution in [-0.2, 0) is 4.74 Å². The van der Waals surface area contributed by atoms with Crippen molar-refractivity contribution in [2.45, 2.75) is 78.9 Å². The standard InChI is InChI=1S/C33H38F3N7O3/c1-17(2)25-28(26(18(3)4)38-16-37-25)43-30-20(14-23(36)27(39-30)24-21(34)10-9-11-22(24)35)29(40-31(43)44)42-13-12-41(15-19(42)5)32(45)46-33(6,7)8/h9-11,14,16-19H,12-13,15H2,1-8H3/t19-/m0/s1. The average Bonchev–Trinajstić information content (AvgIpc) is 2.96. The molecule has 0 N–H and O–H groups in total. The lowest BCUT2D eigenvalue weighted by molar-refractivity contribution is 0.0218. The number of benzene rings is 1. The highest BCUT2D eigenvalue weighted by atomic mass is 19.1. The normalized spacial score (nSPS) is 15.7. The first-order valence-corrected chi connectivity index (χ1v) is 15.3. The number of halogens is 3. The van der Waals surface area contributed by atoms with Gasteiger partial charge in [-0.25, -0.2) is 42.3 Å². The van der Waals surface area contributed by atoms with E-state index in [1.54, 1.807) is 30.6 Å². The minimum absolute atomic E-state index is 0.0607. The number of piperazine rings is 1. The van der Waals surface area contributed by atoms with Crippen LogP contribution in [0.5, 0.6) is 0 Å². The van der Waals surface area contributed by atoms with Gasteiger partial charge in [-0.1, -0.05) is 33.8 Å². The molecule has 1 aliphatic heterocycles. The van der Waals surface area contributed by atoms with Crippen molar-refractivity contribution in [2.24, 2.45) is 0 Å². The number of carbonyl (C=O) groups is 1. The van der Waals surface area contributed by atoms with E-state index in [0.29, 0.717) is 17.1 Å². The summed E-state index contributed by atoms with van der Waals surface area (Å²) in [6.45, 7) is 15.6. The summed E-state index contributed by atoms with van der Waals surface area (Å²) in [4.78, 5) is 48.2. The summed E-state index contributed by atoms with van der Waals surface area (Å²) in [7, 11) is 0. The maximum Gasteiger partial charge on any atom is 0.410 e. The molecule has 0 bridgehead atoms. The second kappa shape index (κ2) is 12.3. The molecule has 0 radical (unpaired) electrons. The first-order valence-electron chi connectivity index (χ1n) is 15.3. The minimum Gasteiger partial charge on any atom is -0.444 e. The molecule has 0 saturated carbocycles. The minimum atomic E-state index is -1.01. The number of rotatable bonds is 5. The van der Waals surface area contributed by atoms with E-state index in [2.05, 4.69) is 19.9 Å². The molecule has 46 heavy (non-hydrogen) atoms. The summed E-state index contributed by atoms with van der Waals surface area (Å²) in [6, 6.07) is 3.94. The number of hydrogen-bond donors (Lipinski definition) is 0. The summed E-state index contributed by atoms with van der Waals surface area (Å²) in [5, 5.41) is 0.142. The Bertz CT molecular complexity index is 1820. The van der Waals surface area contributed by atoms with Crippen LogP contribution in [0.2, 0.25) is 0 Å². The molecular weight excluding hydrogens is 599 g/mol. The topological polar surface area (TPSA) is 106 Å². The zero-order valence-electron chi connectivity index (χ0n) is 27.2. The fraction of sp³-hybridized carbons (Fsp3) is 0.455. The van der Waals surface area contributed by atoms with Crippen LogP contribution < -0.4 is 10.6 Å². The maximum absolute atomic E-state index is 16.0. The highest BCUT2D eigenvalue weighted by Gasteiger charge is 2.33. The number of anilines is 1.